The van der Waals surface area contributed by atoms with Crippen LogP contribution < -0.4 is 0 Å². The first-order valence-corrected chi connectivity index (χ1v) is 4.69. The molecule has 0 fully saturated rings. The smallest absolute Gasteiger partial charge is 0.131 e. The Hall–Kier alpha value is -0.480. The summed E-state index contributed by atoms with van der Waals surface area (Å²) in [4.78, 5) is 1.56. The highest BCUT2D eigenvalue weighted by atomic mass is 79.9. The van der Waals surface area contributed by atoms with Gasteiger partial charge in [0.15, 0.2) is 0 Å². The SMILES string of the molecule is CN(C)C(Br)c1ccc(F)cc1F. The standard InChI is InChI=1S/C9H10BrF2N/c1-13(2)9(10)7-4-3-6(11)5-8(7)12/h3-5,9H,1-2H3. The summed E-state index contributed by atoms with van der Waals surface area (Å²) >= 11 is 3.29. The van der Waals surface area contributed by atoms with E-state index in [0.29, 0.717) is 5.56 Å². The van der Waals surface area contributed by atoms with Crippen LogP contribution in [0, 0.1) is 11.6 Å². The molecule has 1 aromatic rings. The maximum Gasteiger partial charge on any atom is 0.131 e. The molecule has 0 N–H and O–H groups in total. The molecule has 72 valence electrons. The molecule has 0 radical (unpaired) electrons. The molecular formula is C9H10BrF2N. The first kappa shape index (κ1) is 10.6. The van der Waals surface area contributed by atoms with Gasteiger partial charge in [0.05, 0.1) is 4.95 Å². The van der Waals surface area contributed by atoms with Crippen LogP contribution in [0.4, 0.5) is 8.78 Å². The molecule has 0 aromatic heterocycles. The summed E-state index contributed by atoms with van der Waals surface area (Å²) in [5.41, 5.74) is 0.436. The molecule has 0 bridgehead atoms. The molecule has 0 heterocycles. The van der Waals surface area contributed by atoms with Gasteiger partial charge in [-0.25, -0.2) is 8.78 Å². The van der Waals surface area contributed by atoms with Crippen LogP contribution in [0.2, 0.25) is 0 Å². The fourth-order valence-corrected chi connectivity index (χ4v) is 1.34. The van der Waals surface area contributed by atoms with Crippen LogP contribution >= 0.6 is 15.9 Å². The van der Waals surface area contributed by atoms with E-state index in [2.05, 4.69) is 15.9 Å². The van der Waals surface area contributed by atoms with Gasteiger partial charge in [-0.1, -0.05) is 22.0 Å². The molecule has 0 aliphatic heterocycles. The fourth-order valence-electron chi connectivity index (χ4n) is 0.973. The maximum absolute atomic E-state index is 13.2. The third-order valence-electron chi connectivity index (χ3n) is 1.67. The molecule has 1 nitrogen and oxygen atoms in total. The zero-order chi connectivity index (χ0) is 10.0. The van der Waals surface area contributed by atoms with Gasteiger partial charge in [0, 0.05) is 11.6 Å². The number of nitrogens with zero attached hydrogens (tertiary/aromatic N) is 1. The molecule has 1 atom stereocenters. The van der Waals surface area contributed by atoms with Crippen molar-refractivity contribution in [2.75, 3.05) is 14.1 Å². The van der Waals surface area contributed by atoms with Crippen molar-refractivity contribution in [1.29, 1.82) is 0 Å². The van der Waals surface area contributed by atoms with Gasteiger partial charge in [-0.3, -0.25) is 4.90 Å². The third-order valence-corrected chi connectivity index (χ3v) is 2.98. The van der Waals surface area contributed by atoms with Crippen molar-refractivity contribution in [2.24, 2.45) is 0 Å². The lowest BCUT2D eigenvalue weighted by Crippen LogP contribution is -2.15. The molecule has 0 spiro atoms. The van der Waals surface area contributed by atoms with Crippen molar-refractivity contribution >= 4 is 15.9 Å². The van der Waals surface area contributed by atoms with E-state index in [1.54, 1.807) is 4.90 Å². The summed E-state index contributed by atoms with van der Waals surface area (Å²) in [5.74, 6) is -1.09. The normalized spacial score (nSPS) is 13.4. The molecule has 1 unspecified atom stereocenters. The minimum atomic E-state index is -0.556. The number of halogens is 3. The molecule has 1 aromatic carbocycles. The Balaban J connectivity index is 3.01. The van der Waals surface area contributed by atoms with Crippen LogP contribution in [-0.4, -0.2) is 19.0 Å². The van der Waals surface area contributed by atoms with Gasteiger partial charge in [0.1, 0.15) is 11.6 Å². The summed E-state index contributed by atoms with van der Waals surface area (Å²) in [6, 6.07) is 3.56. The molecule has 0 saturated carbocycles. The van der Waals surface area contributed by atoms with Gasteiger partial charge in [-0.05, 0) is 20.2 Å². The quantitative estimate of drug-likeness (QED) is 0.576. The van der Waals surface area contributed by atoms with Crippen molar-refractivity contribution in [3.8, 4) is 0 Å². The first-order chi connectivity index (χ1) is 6.02. The first-order valence-electron chi connectivity index (χ1n) is 3.78. The molecule has 1 rings (SSSR count). The summed E-state index contributed by atoms with van der Waals surface area (Å²) in [6.07, 6.45) is 0. The molecule has 4 heteroatoms. The number of benzene rings is 1. The Morgan fingerprint density at radius 2 is 1.92 bits per heavy atom. The summed E-state index contributed by atoms with van der Waals surface area (Å²) in [6.45, 7) is 0. The third kappa shape index (κ3) is 2.48. The lowest BCUT2D eigenvalue weighted by molar-refractivity contribution is 0.387. The number of rotatable bonds is 2. The van der Waals surface area contributed by atoms with E-state index in [1.807, 2.05) is 14.1 Å². The highest BCUT2D eigenvalue weighted by Gasteiger charge is 2.14. The predicted molar refractivity (Wildman–Crippen MR) is 51.7 cm³/mol. The Morgan fingerprint density at radius 1 is 1.31 bits per heavy atom. The molecule has 0 aliphatic carbocycles. The average Bonchev–Trinajstić information content (AvgIpc) is 2.03. The molecule has 0 amide bonds. The zero-order valence-electron chi connectivity index (χ0n) is 7.39. The number of alkyl halides is 1. The molecule has 13 heavy (non-hydrogen) atoms. The van der Waals surface area contributed by atoms with Crippen LogP contribution in [0.1, 0.15) is 10.5 Å². The minimum absolute atomic E-state index is 0.229. The van der Waals surface area contributed by atoms with E-state index in [4.69, 9.17) is 0 Å². The van der Waals surface area contributed by atoms with E-state index < -0.39 is 11.6 Å². The van der Waals surface area contributed by atoms with Crippen molar-refractivity contribution in [2.45, 2.75) is 4.95 Å². The molecule has 0 saturated heterocycles. The van der Waals surface area contributed by atoms with E-state index in [-0.39, 0.29) is 4.95 Å². The number of hydrogen-bond acceptors (Lipinski definition) is 1. The van der Waals surface area contributed by atoms with Gasteiger partial charge in [-0.2, -0.15) is 0 Å². The van der Waals surface area contributed by atoms with Crippen LogP contribution in [0.3, 0.4) is 0 Å². The molecule has 0 aliphatic rings. The van der Waals surface area contributed by atoms with Gasteiger partial charge in [-0.15, -0.1) is 0 Å². The second-order valence-electron chi connectivity index (χ2n) is 2.97. The van der Waals surface area contributed by atoms with Crippen molar-refractivity contribution in [3.05, 3.63) is 35.4 Å². The van der Waals surface area contributed by atoms with Crippen LogP contribution in [0.5, 0.6) is 0 Å². The second-order valence-corrected chi connectivity index (χ2v) is 3.83. The molecular weight excluding hydrogens is 240 g/mol. The van der Waals surface area contributed by atoms with Crippen molar-refractivity contribution < 1.29 is 8.78 Å². The largest absolute Gasteiger partial charge is 0.293 e. The topological polar surface area (TPSA) is 3.24 Å². The van der Waals surface area contributed by atoms with E-state index >= 15 is 0 Å². The van der Waals surface area contributed by atoms with Crippen LogP contribution in [0.15, 0.2) is 18.2 Å². The Morgan fingerprint density at radius 3 is 2.38 bits per heavy atom. The Labute approximate surface area is 84.5 Å². The number of hydrogen-bond donors (Lipinski definition) is 0. The van der Waals surface area contributed by atoms with Gasteiger partial charge >= 0.3 is 0 Å². The van der Waals surface area contributed by atoms with Crippen molar-refractivity contribution in [1.82, 2.24) is 4.90 Å². The predicted octanol–water partition coefficient (Wildman–Crippen LogP) is 2.92. The Bertz CT molecular complexity index is 302. The van der Waals surface area contributed by atoms with E-state index in [0.717, 1.165) is 6.07 Å². The Kier molecular flexibility index (Phi) is 3.39. The lowest BCUT2D eigenvalue weighted by atomic mass is 10.2. The second kappa shape index (κ2) is 4.15. The average molecular weight is 250 g/mol. The van der Waals surface area contributed by atoms with Crippen LogP contribution in [0.25, 0.3) is 0 Å². The highest BCUT2D eigenvalue weighted by molar-refractivity contribution is 9.09. The summed E-state index contributed by atoms with van der Waals surface area (Å²) < 4.78 is 25.7. The maximum atomic E-state index is 13.2. The van der Waals surface area contributed by atoms with E-state index in [9.17, 15) is 8.78 Å². The summed E-state index contributed by atoms with van der Waals surface area (Å²) in [7, 11) is 3.62. The highest BCUT2D eigenvalue weighted by Crippen LogP contribution is 2.27. The monoisotopic (exact) mass is 249 g/mol. The van der Waals surface area contributed by atoms with Gasteiger partial charge in [0.25, 0.3) is 0 Å². The summed E-state index contributed by atoms with van der Waals surface area (Å²) in [5, 5.41) is 0. The van der Waals surface area contributed by atoms with Gasteiger partial charge in [0.2, 0.25) is 0 Å². The zero-order valence-corrected chi connectivity index (χ0v) is 8.98. The van der Waals surface area contributed by atoms with Crippen molar-refractivity contribution in [3.63, 3.8) is 0 Å². The fraction of sp³-hybridized carbons (Fsp3) is 0.333. The minimum Gasteiger partial charge on any atom is -0.293 e. The van der Waals surface area contributed by atoms with Crippen LogP contribution in [-0.2, 0) is 0 Å². The lowest BCUT2D eigenvalue weighted by Gasteiger charge is -2.18. The van der Waals surface area contributed by atoms with E-state index in [1.165, 1.54) is 12.1 Å². The van der Waals surface area contributed by atoms with Gasteiger partial charge < -0.3 is 0 Å².